The van der Waals surface area contributed by atoms with Crippen LogP contribution in [0.1, 0.15) is 48.0 Å². The number of carbonyl (C=O) groups excluding carboxylic acids is 2. The summed E-state index contributed by atoms with van der Waals surface area (Å²) >= 11 is 1.43. The predicted octanol–water partition coefficient (Wildman–Crippen LogP) is 4.76. The van der Waals surface area contributed by atoms with Crippen molar-refractivity contribution in [3.05, 3.63) is 123 Å². The second-order valence-corrected chi connectivity index (χ2v) is 14.1. The molecule has 1 aromatic heterocycles. The second-order valence-electron chi connectivity index (χ2n) is 12.9. The number of rotatable bonds is 9. The van der Waals surface area contributed by atoms with Crippen molar-refractivity contribution < 1.29 is 23.7 Å². The highest BCUT2D eigenvalue weighted by atomic mass is 32.1. The van der Waals surface area contributed by atoms with Crippen molar-refractivity contribution in [2.75, 3.05) is 24.5 Å². The van der Waals surface area contributed by atoms with Crippen LogP contribution in [0.15, 0.2) is 90.3 Å². The molecule has 2 fully saturated rings. The van der Waals surface area contributed by atoms with E-state index in [2.05, 4.69) is 67.4 Å². The molecule has 0 spiro atoms. The number of aromatic nitrogens is 1. The van der Waals surface area contributed by atoms with Gasteiger partial charge < -0.3 is 24.3 Å². The fourth-order valence-electron chi connectivity index (χ4n) is 6.91. The Hall–Kier alpha value is -4.59. The molecule has 0 aliphatic carbocycles. The van der Waals surface area contributed by atoms with Crippen molar-refractivity contribution in [1.29, 1.82) is 0 Å². The van der Waals surface area contributed by atoms with Crippen LogP contribution in [-0.4, -0.2) is 63.0 Å². The highest BCUT2D eigenvalue weighted by Crippen LogP contribution is 2.64. The van der Waals surface area contributed by atoms with Gasteiger partial charge in [-0.25, -0.2) is 9.78 Å². The Bertz CT molecular complexity index is 1760. The Morgan fingerprint density at radius 3 is 2.21 bits per heavy atom. The molecule has 2 saturated heterocycles. The van der Waals surface area contributed by atoms with E-state index in [1.165, 1.54) is 29.0 Å². The number of hydrogen-bond donors (Lipinski definition) is 1. The van der Waals surface area contributed by atoms with Gasteiger partial charge in [0.1, 0.15) is 22.8 Å². The largest absolute Gasteiger partial charge is 0.445 e. The van der Waals surface area contributed by atoms with Crippen molar-refractivity contribution in [3.8, 4) is 0 Å². The molecule has 2 amide bonds. The lowest BCUT2D eigenvalue weighted by molar-refractivity contribution is -0.384. The summed E-state index contributed by atoms with van der Waals surface area (Å²) in [6.07, 6.45) is -0.615. The Kier molecular flexibility index (Phi) is 8.64. The monoisotopic (exact) mass is 671 g/mol. The summed E-state index contributed by atoms with van der Waals surface area (Å²) in [6, 6.07) is 26.4. The zero-order valence-corrected chi connectivity index (χ0v) is 29.5. The van der Waals surface area contributed by atoms with Gasteiger partial charge in [-0.2, -0.15) is 0 Å². The highest BCUT2D eigenvalue weighted by Gasteiger charge is 2.71. The third-order valence-electron chi connectivity index (χ3n) is 9.31. The lowest BCUT2D eigenvalue weighted by Gasteiger charge is -2.70. The lowest BCUT2D eigenvalue weighted by atomic mass is 9.50. The third kappa shape index (κ3) is 5.57. The molecule has 0 saturated carbocycles. The zero-order valence-electron chi connectivity index (χ0n) is 26.7. The van der Waals surface area contributed by atoms with Crippen LogP contribution in [0.2, 0.25) is 0 Å². The molecule has 13 heteroatoms. The minimum Gasteiger partial charge on any atom is -0.445 e. The van der Waals surface area contributed by atoms with Crippen molar-refractivity contribution in [2.45, 2.75) is 44.6 Å². The number of carbonyl (C=O) groups is 2. The summed E-state index contributed by atoms with van der Waals surface area (Å²) in [5.41, 5.74) is 1.78. The van der Waals surface area contributed by atoms with E-state index in [9.17, 15) is 19.7 Å². The van der Waals surface area contributed by atoms with Crippen LogP contribution >= 0.6 is 11.3 Å². The van der Waals surface area contributed by atoms with Crippen LogP contribution in [0, 0.1) is 15.5 Å². The Morgan fingerprint density at radius 1 is 1.02 bits per heavy atom. The molecule has 2 atom stereocenters. The number of nitrogens with one attached hydrogen (secondary N) is 1. The maximum Gasteiger partial charge on any atom is 0.407 e. The van der Waals surface area contributed by atoms with Crippen LogP contribution in [-0.2, 0) is 26.9 Å². The third-order valence-corrected chi connectivity index (χ3v) is 10.8. The Morgan fingerprint density at radius 2 is 1.64 bits per heavy atom. The van der Waals surface area contributed by atoms with E-state index in [1.54, 1.807) is 22.4 Å². The molecule has 3 aromatic carbocycles. The van der Waals surface area contributed by atoms with E-state index in [1.807, 2.05) is 24.3 Å². The molecule has 2 aliphatic heterocycles. The van der Waals surface area contributed by atoms with E-state index in [4.69, 9.17) is 14.1 Å². The van der Waals surface area contributed by atoms with Gasteiger partial charge in [0.15, 0.2) is 10.9 Å². The van der Waals surface area contributed by atoms with Crippen molar-refractivity contribution in [1.82, 2.24) is 15.2 Å². The number of ether oxygens (including phenoxy) is 1. The van der Waals surface area contributed by atoms with Gasteiger partial charge in [0, 0.05) is 42.7 Å². The molecule has 3 heterocycles. The predicted molar refractivity (Wildman–Crippen MR) is 182 cm³/mol. The number of anilines is 1. The van der Waals surface area contributed by atoms with Crippen LogP contribution in [0.25, 0.3) is 0 Å². The molecule has 47 heavy (non-hydrogen) atoms. The lowest BCUT2D eigenvalue weighted by Crippen LogP contribution is -2.79. The first kappa shape index (κ1) is 32.4. The molecule has 244 valence electrons. The molecule has 0 radical (unpaired) electrons. The zero-order chi connectivity index (χ0) is 33.4. The van der Waals surface area contributed by atoms with Gasteiger partial charge in [-0.15, -0.1) is 11.3 Å². The maximum absolute atomic E-state index is 13.4. The number of alkyl carbamates (subject to hydrolysis) is 1. The number of likely N-dealkylation sites (tertiary alicyclic amines) is 1. The van der Waals surface area contributed by atoms with Crippen molar-refractivity contribution >= 4 is 44.6 Å². The van der Waals surface area contributed by atoms with Gasteiger partial charge >= 0.3 is 6.09 Å². The normalized spacial score (nSPS) is 21.1. The van der Waals surface area contributed by atoms with Gasteiger partial charge in [0.2, 0.25) is 0 Å². The van der Waals surface area contributed by atoms with Crippen molar-refractivity contribution in [3.63, 3.8) is 0 Å². The summed E-state index contributed by atoms with van der Waals surface area (Å²) in [5, 5.41) is 16.1. The first-order valence-corrected chi connectivity index (χ1v) is 17.0. The quantitative estimate of drug-likeness (QED) is 0.153. The first-order chi connectivity index (χ1) is 22.5. The van der Waals surface area contributed by atoms with Crippen LogP contribution < -0.4 is 10.2 Å². The number of non-ortho nitro benzene ring substituents is 1. The minimum atomic E-state index is -0.821. The molecule has 1 N–H and O–H groups in total. The van der Waals surface area contributed by atoms with Crippen molar-refractivity contribution in [2.24, 2.45) is 5.41 Å². The summed E-state index contributed by atoms with van der Waals surface area (Å²) in [5.74, 6) is -0.201. The number of amides is 2. The Balaban J connectivity index is 1.14. The first-order valence-electron chi connectivity index (χ1n) is 15.4. The van der Waals surface area contributed by atoms with Gasteiger partial charge in [-0.3, -0.25) is 14.9 Å². The maximum atomic E-state index is 13.4. The SMILES string of the molecule is CC(C)(C)C1(c2ccccc2)CN(c2nc(C(=O)N3CC(NC(=O)OCc4ccc([N+](=O)[O-])cc4)C3)cs2)C1(O[SiH3])c1ccccc1. The summed E-state index contributed by atoms with van der Waals surface area (Å²) in [6.45, 7) is 8.08. The van der Waals surface area contributed by atoms with Gasteiger partial charge in [0.25, 0.3) is 11.6 Å². The molecule has 11 nitrogen and oxygen atoms in total. The Labute approximate surface area is 280 Å². The molecule has 6 rings (SSSR count). The smallest absolute Gasteiger partial charge is 0.407 e. The molecule has 2 unspecified atom stereocenters. The van der Waals surface area contributed by atoms with E-state index in [-0.39, 0.29) is 29.7 Å². The van der Waals surface area contributed by atoms with Gasteiger partial charge in [-0.05, 0) is 28.7 Å². The summed E-state index contributed by atoms with van der Waals surface area (Å²) < 4.78 is 12.0. The van der Waals surface area contributed by atoms with Gasteiger partial charge in [0.05, 0.1) is 16.4 Å². The number of nitro benzene ring substituents is 1. The molecule has 0 bridgehead atoms. The average Bonchev–Trinajstić information content (AvgIpc) is 3.52. The van der Waals surface area contributed by atoms with Crippen LogP contribution in [0.3, 0.4) is 0 Å². The van der Waals surface area contributed by atoms with Gasteiger partial charge in [-0.1, -0.05) is 81.4 Å². The van der Waals surface area contributed by atoms with E-state index >= 15 is 0 Å². The van der Waals surface area contributed by atoms with E-state index < -0.39 is 22.2 Å². The number of hydrogen-bond acceptors (Lipinski definition) is 9. The number of nitrogens with zero attached hydrogens (tertiary/aromatic N) is 4. The number of thiazole rings is 1. The fourth-order valence-corrected chi connectivity index (χ4v) is 8.56. The number of nitro groups is 1. The van der Waals surface area contributed by atoms with Crippen LogP contribution in [0.5, 0.6) is 0 Å². The molecular weight excluding hydrogens is 635 g/mol. The topological polar surface area (TPSA) is 127 Å². The molecule has 2 aliphatic rings. The summed E-state index contributed by atoms with van der Waals surface area (Å²) in [7, 11) is 0.476. The minimum absolute atomic E-state index is 0.0213. The van der Waals surface area contributed by atoms with E-state index in [0.29, 0.717) is 46.5 Å². The second kappa shape index (κ2) is 12.5. The number of benzene rings is 3. The molecular formula is C34H37N5O6SSi. The highest BCUT2D eigenvalue weighted by molar-refractivity contribution is 7.14. The standard InChI is InChI=1S/C34H37N5O6SSi/c1-32(2,3)33(24-10-6-4-7-11-24)22-38(34(33,45-47)25-12-8-5-9-13-25)30-36-28(21-46-30)29(40)37-18-26(19-37)35-31(41)44-20-23-14-16-27(17-15-23)39(42)43/h4-17,21,26H,18-20,22H2,1-3,47H3,(H,35,41). The average molecular weight is 672 g/mol. The molecule has 4 aromatic rings. The fraction of sp³-hybridized carbons (Fsp3) is 0.324. The van der Waals surface area contributed by atoms with Crippen LogP contribution in [0.4, 0.5) is 15.6 Å². The van der Waals surface area contributed by atoms with E-state index in [0.717, 1.165) is 5.56 Å². The summed E-state index contributed by atoms with van der Waals surface area (Å²) in [4.78, 5) is 44.8.